The van der Waals surface area contributed by atoms with Crippen LogP contribution in [0.3, 0.4) is 0 Å². The zero-order chi connectivity index (χ0) is 21.1. The highest BCUT2D eigenvalue weighted by atomic mass is 16.6. The lowest BCUT2D eigenvalue weighted by atomic mass is 10.2. The van der Waals surface area contributed by atoms with E-state index in [2.05, 4.69) is 10.4 Å². The predicted molar refractivity (Wildman–Crippen MR) is 108 cm³/mol. The van der Waals surface area contributed by atoms with Crippen molar-refractivity contribution in [3.05, 3.63) is 82.2 Å². The Bertz CT molecular complexity index is 1090. The van der Waals surface area contributed by atoms with Gasteiger partial charge in [-0.25, -0.2) is 9.48 Å². The van der Waals surface area contributed by atoms with Gasteiger partial charge in [-0.3, -0.25) is 14.9 Å². The number of amides is 1. The fourth-order valence-corrected chi connectivity index (χ4v) is 2.96. The van der Waals surface area contributed by atoms with Gasteiger partial charge in [0, 0.05) is 23.7 Å². The van der Waals surface area contributed by atoms with Gasteiger partial charge < -0.3 is 10.1 Å². The van der Waals surface area contributed by atoms with Crippen molar-refractivity contribution in [2.75, 3.05) is 11.9 Å². The topological polar surface area (TPSA) is 116 Å². The van der Waals surface area contributed by atoms with Gasteiger partial charge in [0.15, 0.2) is 12.3 Å². The van der Waals surface area contributed by atoms with Crippen molar-refractivity contribution in [2.24, 2.45) is 0 Å². The van der Waals surface area contributed by atoms with Crippen molar-refractivity contribution in [3.63, 3.8) is 0 Å². The van der Waals surface area contributed by atoms with Crippen molar-refractivity contribution in [2.45, 2.75) is 18.8 Å². The number of carbonyl (C=O) groups is 2. The van der Waals surface area contributed by atoms with Gasteiger partial charge in [-0.1, -0.05) is 18.2 Å². The Labute approximate surface area is 171 Å². The highest BCUT2D eigenvalue weighted by molar-refractivity contribution is 5.95. The third kappa shape index (κ3) is 4.35. The van der Waals surface area contributed by atoms with Crippen LogP contribution < -0.4 is 5.32 Å². The minimum absolute atomic E-state index is 0.0833. The lowest BCUT2D eigenvalue weighted by molar-refractivity contribution is -0.384. The van der Waals surface area contributed by atoms with Gasteiger partial charge in [0.05, 0.1) is 16.3 Å². The number of hydrogen-bond donors (Lipinski definition) is 1. The molecule has 9 nitrogen and oxygen atoms in total. The molecule has 1 aliphatic rings. The van der Waals surface area contributed by atoms with Gasteiger partial charge in [-0.15, -0.1) is 0 Å². The zero-order valence-corrected chi connectivity index (χ0v) is 15.9. The largest absolute Gasteiger partial charge is 0.451 e. The van der Waals surface area contributed by atoms with E-state index < -0.39 is 23.4 Å². The van der Waals surface area contributed by atoms with E-state index in [1.54, 1.807) is 6.07 Å². The molecular weight excluding hydrogens is 388 g/mol. The lowest BCUT2D eigenvalue weighted by Crippen LogP contribution is -2.22. The number of nitrogens with one attached hydrogen (secondary N) is 1. The number of para-hydroxylation sites is 1. The van der Waals surface area contributed by atoms with E-state index in [-0.39, 0.29) is 11.4 Å². The molecule has 9 heteroatoms. The van der Waals surface area contributed by atoms with Gasteiger partial charge in [-0.2, -0.15) is 5.10 Å². The Balaban J connectivity index is 1.42. The molecule has 0 bridgehead atoms. The summed E-state index contributed by atoms with van der Waals surface area (Å²) < 4.78 is 6.71. The zero-order valence-electron chi connectivity index (χ0n) is 15.9. The van der Waals surface area contributed by atoms with Crippen LogP contribution in [0.15, 0.2) is 60.7 Å². The van der Waals surface area contributed by atoms with E-state index in [0.717, 1.165) is 24.2 Å². The Kier molecular flexibility index (Phi) is 5.25. The van der Waals surface area contributed by atoms with Gasteiger partial charge in [-0.05, 0) is 43.2 Å². The molecule has 0 atom stereocenters. The summed E-state index contributed by atoms with van der Waals surface area (Å²) in [5.41, 5.74) is 2.10. The standard InChI is InChI=1S/C21H18N4O5/c26-20(22-15-8-10-17(11-9-15)25(28)29)13-30-21(27)19-12-18(14-6-7-14)23-24(19)16-4-2-1-3-5-16/h1-5,8-12,14H,6-7,13H2,(H,22,26). The summed E-state index contributed by atoms with van der Waals surface area (Å²) in [5.74, 6) is -0.852. The molecule has 1 saturated carbocycles. The Morgan fingerprint density at radius 1 is 1.13 bits per heavy atom. The molecular formula is C21H18N4O5. The van der Waals surface area contributed by atoms with Crippen LogP contribution in [-0.2, 0) is 9.53 Å². The maximum Gasteiger partial charge on any atom is 0.357 e. The summed E-state index contributed by atoms with van der Waals surface area (Å²) in [6.07, 6.45) is 2.08. The van der Waals surface area contributed by atoms with Gasteiger partial charge >= 0.3 is 5.97 Å². The van der Waals surface area contributed by atoms with Crippen LogP contribution in [0.25, 0.3) is 5.69 Å². The summed E-state index contributed by atoms with van der Waals surface area (Å²) in [5, 5.41) is 17.8. The van der Waals surface area contributed by atoms with E-state index in [1.165, 1.54) is 28.9 Å². The number of rotatable bonds is 7. The van der Waals surface area contributed by atoms with E-state index >= 15 is 0 Å². The van der Waals surface area contributed by atoms with Gasteiger partial charge in [0.1, 0.15) is 0 Å². The summed E-state index contributed by atoms with van der Waals surface area (Å²) in [6, 6.07) is 16.3. The number of ether oxygens (including phenoxy) is 1. The number of nitro benzene ring substituents is 1. The van der Waals surface area contributed by atoms with E-state index in [4.69, 9.17) is 4.74 Å². The van der Waals surface area contributed by atoms with E-state index in [1.807, 2.05) is 30.3 Å². The number of carbonyl (C=O) groups excluding carboxylic acids is 2. The molecule has 152 valence electrons. The number of aromatic nitrogens is 2. The van der Waals surface area contributed by atoms with Crippen LogP contribution in [0.2, 0.25) is 0 Å². The molecule has 1 aliphatic carbocycles. The molecule has 0 spiro atoms. The maximum atomic E-state index is 12.6. The lowest BCUT2D eigenvalue weighted by Gasteiger charge is -2.08. The monoisotopic (exact) mass is 406 g/mol. The Hall–Kier alpha value is -4.01. The van der Waals surface area contributed by atoms with Gasteiger partial charge in [0.25, 0.3) is 11.6 Å². The van der Waals surface area contributed by atoms with Crippen LogP contribution in [0.5, 0.6) is 0 Å². The molecule has 1 N–H and O–H groups in total. The quantitative estimate of drug-likeness (QED) is 0.365. The van der Waals surface area contributed by atoms with Gasteiger partial charge in [0.2, 0.25) is 0 Å². The number of benzene rings is 2. The normalized spacial score (nSPS) is 12.9. The summed E-state index contributed by atoms with van der Waals surface area (Å²) >= 11 is 0. The number of esters is 1. The molecule has 1 aromatic heterocycles. The van der Waals surface area contributed by atoms with Crippen molar-refractivity contribution >= 4 is 23.3 Å². The molecule has 1 heterocycles. The molecule has 1 amide bonds. The number of nitro groups is 1. The van der Waals surface area contributed by atoms with Crippen molar-refractivity contribution in [3.8, 4) is 5.69 Å². The van der Waals surface area contributed by atoms with Crippen molar-refractivity contribution in [1.82, 2.24) is 9.78 Å². The molecule has 0 saturated heterocycles. The van der Waals surface area contributed by atoms with E-state index in [9.17, 15) is 19.7 Å². The number of anilines is 1. The molecule has 4 rings (SSSR count). The predicted octanol–water partition coefficient (Wildman–Crippen LogP) is 3.45. The number of nitrogens with zero attached hydrogens (tertiary/aromatic N) is 3. The molecule has 30 heavy (non-hydrogen) atoms. The molecule has 0 unspecified atom stereocenters. The first-order valence-corrected chi connectivity index (χ1v) is 9.38. The molecule has 0 aliphatic heterocycles. The number of non-ortho nitro benzene ring substituents is 1. The Morgan fingerprint density at radius 2 is 1.83 bits per heavy atom. The number of hydrogen-bond acceptors (Lipinski definition) is 6. The van der Waals surface area contributed by atoms with Crippen LogP contribution in [-0.4, -0.2) is 33.2 Å². The molecule has 1 fully saturated rings. The highest BCUT2D eigenvalue weighted by Crippen LogP contribution is 2.39. The van der Waals surface area contributed by atoms with Crippen LogP contribution >= 0.6 is 0 Å². The van der Waals surface area contributed by atoms with Crippen LogP contribution in [0, 0.1) is 10.1 Å². The maximum absolute atomic E-state index is 12.6. The second-order valence-corrected chi connectivity index (χ2v) is 6.90. The molecule has 2 aromatic carbocycles. The van der Waals surface area contributed by atoms with Crippen molar-refractivity contribution in [1.29, 1.82) is 0 Å². The highest BCUT2D eigenvalue weighted by Gasteiger charge is 2.29. The first-order chi connectivity index (χ1) is 14.5. The first kappa shape index (κ1) is 19.3. The molecule has 0 radical (unpaired) electrons. The summed E-state index contributed by atoms with van der Waals surface area (Å²) in [4.78, 5) is 34.9. The SMILES string of the molecule is O=C(COC(=O)c1cc(C2CC2)nn1-c1ccccc1)Nc1ccc([N+](=O)[O-])cc1. The minimum atomic E-state index is -0.655. The fraction of sp³-hybridized carbons (Fsp3) is 0.190. The van der Waals surface area contributed by atoms with Crippen LogP contribution in [0.1, 0.15) is 34.9 Å². The minimum Gasteiger partial charge on any atom is -0.451 e. The van der Waals surface area contributed by atoms with Crippen LogP contribution in [0.4, 0.5) is 11.4 Å². The summed E-state index contributed by atoms with van der Waals surface area (Å²) in [7, 11) is 0. The van der Waals surface area contributed by atoms with E-state index in [0.29, 0.717) is 11.6 Å². The first-order valence-electron chi connectivity index (χ1n) is 9.38. The second kappa shape index (κ2) is 8.16. The fourth-order valence-electron chi connectivity index (χ4n) is 2.96. The average Bonchev–Trinajstić information content (AvgIpc) is 3.51. The van der Waals surface area contributed by atoms with Crippen molar-refractivity contribution < 1.29 is 19.2 Å². The summed E-state index contributed by atoms with van der Waals surface area (Å²) in [6.45, 7) is -0.492. The smallest absolute Gasteiger partial charge is 0.357 e. The third-order valence-corrected chi connectivity index (χ3v) is 4.63. The molecule has 3 aromatic rings. The second-order valence-electron chi connectivity index (χ2n) is 6.90. The average molecular weight is 406 g/mol. The third-order valence-electron chi connectivity index (χ3n) is 4.63. The Morgan fingerprint density at radius 3 is 2.47 bits per heavy atom.